The minimum absolute atomic E-state index is 0.295. The van der Waals surface area contributed by atoms with Crippen LogP contribution in [-0.4, -0.2) is 28.9 Å². The van der Waals surface area contributed by atoms with Crippen molar-refractivity contribution in [2.75, 3.05) is 5.75 Å². The van der Waals surface area contributed by atoms with Gasteiger partial charge in [-0.3, -0.25) is 9.97 Å². The van der Waals surface area contributed by atoms with Gasteiger partial charge in [0.25, 0.3) is 0 Å². The number of hydrogen-bond acceptors (Lipinski definition) is 4. The van der Waals surface area contributed by atoms with Crippen LogP contribution >= 0.6 is 0 Å². The Balaban J connectivity index is 1.65. The van der Waals surface area contributed by atoms with E-state index in [0.29, 0.717) is 5.75 Å². The second kappa shape index (κ2) is 9.26. The SMILES string of the molecule is CC(C)(C)S(=O)(=O)CCCCCCCc1cnc(-c2ccccc2)cn1. The summed E-state index contributed by atoms with van der Waals surface area (Å²) in [6.45, 7) is 5.31. The van der Waals surface area contributed by atoms with Gasteiger partial charge in [0.1, 0.15) is 0 Å². The summed E-state index contributed by atoms with van der Waals surface area (Å²) in [5, 5.41) is 0. The molecule has 0 amide bonds. The van der Waals surface area contributed by atoms with Crippen molar-refractivity contribution < 1.29 is 8.42 Å². The van der Waals surface area contributed by atoms with Gasteiger partial charge < -0.3 is 0 Å². The van der Waals surface area contributed by atoms with Gasteiger partial charge >= 0.3 is 0 Å². The first-order valence-corrected chi connectivity index (χ1v) is 11.0. The van der Waals surface area contributed by atoms with Crippen LogP contribution in [0.3, 0.4) is 0 Å². The van der Waals surface area contributed by atoms with Gasteiger partial charge in [-0.05, 0) is 40.0 Å². The average Bonchev–Trinajstić information content (AvgIpc) is 2.61. The summed E-state index contributed by atoms with van der Waals surface area (Å²) in [5.74, 6) is 0.295. The molecule has 1 aromatic heterocycles. The van der Waals surface area contributed by atoms with Gasteiger partial charge in [0.15, 0.2) is 9.84 Å². The lowest BCUT2D eigenvalue weighted by molar-refractivity contribution is 0.552. The zero-order valence-corrected chi connectivity index (χ0v) is 16.9. The van der Waals surface area contributed by atoms with Crippen LogP contribution in [0.1, 0.15) is 58.6 Å². The van der Waals surface area contributed by atoms with E-state index >= 15 is 0 Å². The molecule has 0 fully saturated rings. The minimum atomic E-state index is -2.98. The van der Waals surface area contributed by atoms with Gasteiger partial charge in [0, 0.05) is 11.8 Å². The van der Waals surface area contributed by atoms with Crippen LogP contribution in [0.15, 0.2) is 42.7 Å². The Labute approximate surface area is 158 Å². The summed E-state index contributed by atoms with van der Waals surface area (Å²) in [6, 6.07) is 10.0. The predicted octanol–water partition coefficient (Wildman–Crippen LogP) is 4.85. The van der Waals surface area contributed by atoms with E-state index in [2.05, 4.69) is 9.97 Å². The Hall–Kier alpha value is -1.75. The molecule has 2 aromatic rings. The molecule has 0 spiro atoms. The van der Waals surface area contributed by atoms with E-state index in [9.17, 15) is 8.42 Å². The van der Waals surface area contributed by atoms with Gasteiger partial charge in [-0.25, -0.2) is 8.42 Å². The molecule has 0 saturated heterocycles. The van der Waals surface area contributed by atoms with Gasteiger partial charge in [-0.15, -0.1) is 0 Å². The first kappa shape index (κ1) is 20.6. The smallest absolute Gasteiger partial charge is 0.155 e. The molecule has 4 nitrogen and oxygen atoms in total. The molecular formula is C21H30N2O2S. The maximum Gasteiger partial charge on any atom is 0.155 e. The number of sulfone groups is 1. The molecule has 0 aliphatic carbocycles. The Bertz CT molecular complexity index is 764. The van der Waals surface area contributed by atoms with Crippen molar-refractivity contribution in [3.8, 4) is 11.3 Å². The van der Waals surface area contributed by atoms with E-state index in [1.165, 1.54) is 0 Å². The number of rotatable bonds is 9. The number of aromatic nitrogens is 2. The summed E-state index contributed by atoms with van der Waals surface area (Å²) in [7, 11) is -2.98. The van der Waals surface area contributed by atoms with Gasteiger partial charge in [-0.2, -0.15) is 0 Å². The highest BCUT2D eigenvalue weighted by molar-refractivity contribution is 7.92. The van der Waals surface area contributed by atoms with Crippen LogP contribution in [0.5, 0.6) is 0 Å². The van der Waals surface area contributed by atoms with Crippen LogP contribution in [0.2, 0.25) is 0 Å². The monoisotopic (exact) mass is 374 g/mol. The third-order valence-corrected chi connectivity index (χ3v) is 7.25. The molecule has 26 heavy (non-hydrogen) atoms. The minimum Gasteiger partial charge on any atom is -0.257 e. The number of hydrogen-bond donors (Lipinski definition) is 0. The molecule has 0 N–H and O–H groups in total. The Kier molecular flexibility index (Phi) is 7.33. The summed E-state index contributed by atoms with van der Waals surface area (Å²) in [6.07, 6.45) is 9.56. The molecule has 0 aliphatic heterocycles. The molecule has 1 aromatic carbocycles. The number of aryl methyl sites for hydroxylation is 1. The normalized spacial score (nSPS) is 12.3. The lowest BCUT2D eigenvalue weighted by atomic mass is 10.1. The van der Waals surface area contributed by atoms with Crippen molar-refractivity contribution in [3.63, 3.8) is 0 Å². The summed E-state index contributed by atoms with van der Waals surface area (Å²) in [5.41, 5.74) is 2.99. The summed E-state index contributed by atoms with van der Waals surface area (Å²) >= 11 is 0. The molecule has 1 heterocycles. The van der Waals surface area contributed by atoms with Gasteiger partial charge in [0.2, 0.25) is 0 Å². The topological polar surface area (TPSA) is 59.9 Å². The van der Waals surface area contributed by atoms with Crippen molar-refractivity contribution >= 4 is 9.84 Å². The van der Waals surface area contributed by atoms with E-state index in [-0.39, 0.29) is 0 Å². The fourth-order valence-corrected chi connectivity index (χ4v) is 3.87. The molecule has 142 valence electrons. The predicted molar refractivity (Wildman–Crippen MR) is 108 cm³/mol. The summed E-state index contributed by atoms with van der Waals surface area (Å²) < 4.78 is 23.4. The molecule has 5 heteroatoms. The second-order valence-corrected chi connectivity index (χ2v) is 10.6. The van der Waals surface area contributed by atoms with Crippen LogP contribution in [0.25, 0.3) is 11.3 Å². The highest BCUT2D eigenvalue weighted by Gasteiger charge is 2.27. The van der Waals surface area contributed by atoms with E-state index in [1.54, 1.807) is 20.8 Å². The Morgan fingerprint density at radius 1 is 0.846 bits per heavy atom. The van der Waals surface area contributed by atoms with E-state index < -0.39 is 14.6 Å². The van der Waals surface area contributed by atoms with E-state index in [0.717, 1.165) is 55.5 Å². The number of unbranched alkanes of at least 4 members (excludes halogenated alkanes) is 4. The van der Waals surface area contributed by atoms with Gasteiger partial charge in [-0.1, -0.05) is 49.6 Å². The standard InChI is InChI=1S/C21H30N2O2S/c1-21(2,3)26(24,25)15-11-6-4-5-10-14-19-16-23-20(17-22-19)18-12-8-7-9-13-18/h7-9,12-13,16-17H,4-6,10-11,14-15H2,1-3H3. The third kappa shape index (κ3) is 6.20. The third-order valence-electron chi connectivity index (χ3n) is 4.55. The average molecular weight is 375 g/mol. The first-order valence-electron chi connectivity index (χ1n) is 9.38. The Morgan fingerprint density at radius 3 is 2.12 bits per heavy atom. The zero-order chi connectivity index (χ0) is 19.0. The molecule has 0 saturated carbocycles. The molecule has 0 radical (unpaired) electrons. The molecule has 0 bridgehead atoms. The lowest BCUT2D eigenvalue weighted by Gasteiger charge is -2.18. The van der Waals surface area contributed by atoms with Crippen molar-refractivity contribution in [3.05, 3.63) is 48.4 Å². The van der Waals surface area contributed by atoms with Crippen molar-refractivity contribution in [2.45, 2.75) is 64.0 Å². The molecule has 0 aliphatic rings. The maximum absolute atomic E-state index is 12.0. The fourth-order valence-electron chi connectivity index (χ4n) is 2.68. The number of benzene rings is 1. The van der Waals surface area contributed by atoms with E-state index in [1.807, 2.05) is 42.7 Å². The van der Waals surface area contributed by atoms with Gasteiger partial charge in [0.05, 0.1) is 28.1 Å². The second-order valence-electron chi connectivity index (χ2n) is 7.71. The summed E-state index contributed by atoms with van der Waals surface area (Å²) in [4.78, 5) is 9.00. The number of nitrogens with zero attached hydrogens (tertiary/aromatic N) is 2. The molecular weight excluding hydrogens is 344 g/mol. The molecule has 0 atom stereocenters. The van der Waals surface area contributed by atoms with Crippen LogP contribution in [0, 0.1) is 0 Å². The Morgan fingerprint density at radius 2 is 1.50 bits per heavy atom. The zero-order valence-electron chi connectivity index (χ0n) is 16.1. The fraction of sp³-hybridized carbons (Fsp3) is 0.524. The maximum atomic E-state index is 12.0. The van der Waals surface area contributed by atoms with Crippen molar-refractivity contribution in [1.29, 1.82) is 0 Å². The molecule has 0 unspecified atom stereocenters. The van der Waals surface area contributed by atoms with Crippen LogP contribution < -0.4 is 0 Å². The first-order chi connectivity index (χ1) is 12.3. The van der Waals surface area contributed by atoms with Crippen molar-refractivity contribution in [1.82, 2.24) is 9.97 Å². The van der Waals surface area contributed by atoms with Crippen LogP contribution in [0.4, 0.5) is 0 Å². The lowest BCUT2D eigenvalue weighted by Crippen LogP contribution is -2.30. The molecule has 2 rings (SSSR count). The quantitative estimate of drug-likeness (QED) is 0.589. The van der Waals surface area contributed by atoms with E-state index in [4.69, 9.17) is 0 Å². The highest BCUT2D eigenvalue weighted by Crippen LogP contribution is 2.18. The highest BCUT2D eigenvalue weighted by atomic mass is 32.2. The van der Waals surface area contributed by atoms with Crippen LogP contribution in [-0.2, 0) is 16.3 Å². The largest absolute Gasteiger partial charge is 0.257 e. The van der Waals surface area contributed by atoms with Crippen molar-refractivity contribution in [2.24, 2.45) is 0 Å².